The van der Waals surface area contributed by atoms with E-state index < -0.39 is 10.0 Å². The Hall–Kier alpha value is -2.09. The second-order valence-corrected chi connectivity index (χ2v) is 10.4. The fraction of sp³-hybridized carbons (Fsp3) is 0.435. The number of halogens is 1. The number of anilines is 1. The van der Waals surface area contributed by atoms with Crippen LogP contribution < -0.4 is 14.8 Å². The molecular weight excluding hydrogens is 436 g/mol. The lowest BCUT2D eigenvalue weighted by atomic mass is 9.90. The molecule has 6 nitrogen and oxygen atoms in total. The van der Waals surface area contributed by atoms with Crippen molar-refractivity contribution in [1.29, 1.82) is 0 Å². The first-order valence-corrected chi connectivity index (χ1v) is 12.6. The summed E-state index contributed by atoms with van der Waals surface area (Å²) in [5, 5.41) is 5.78. The molecule has 2 N–H and O–H groups in total. The monoisotopic (exact) mass is 462 g/mol. The van der Waals surface area contributed by atoms with E-state index in [1.54, 1.807) is 17.0 Å². The number of carbonyl (C=O) groups excluding carboxylic acids is 1. The molecule has 0 bridgehead atoms. The molecule has 0 radical (unpaired) electrons. The lowest BCUT2D eigenvalue weighted by Gasteiger charge is -2.23. The predicted octanol–water partition coefficient (Wildman–Crippen LogP) is 4.47. The van der Waals surface area contributed by atoms with Crippen LogP contribution >= 0.6 is 11.6 Å². The van der Waals surface area contributed by atoms with E-state index in [4.69, 9.17) is 21.5 Å². The summed E-state index contributed by atoms with van der Waals surface area (Å²) in [5.74, 6) is 1.28. The van der Waals surface area contributed by atoms with Gasteiger partial charge in [0.1, 0.15) is 5.75 Å². The van der Waals surface area contributed by atoms with Crippen LogP contribution in [0.5, 0.6) is 5.75 Å². The van der Waals surface area contributed by atoms with Gasteiger partial charge < -0.3 is 9.64 Å². The number of rotatable bonds is 6. The number of carbonyl (C=O) groups is 1. The Kier molecular flexibility index (Phi) is 6.55. The van der Waals surface area contributed by atoms with Crippen LogP contribution in [-0.2, 0) is 14.8 Å². The summed E-state index contributed by atoms with van der Waals surface area (Å²) in [6.07, 6.45) is 6.56. The molecule has 1 saturated heterocycles. The maximum Gasteiger partial charge on any atom is 0.238 e. The van der Waals surface area contributed by atoms with Gasteiger partial charge in [-0.1, -0.05) is 36.9 Å². The minimum atomic E-state index is -3.77. The van der Waals surface area contributed by atoms with Crippen LogP contribution in [0.15, 0.2) is 47.4 Å². The highest BCUT2D eigenvalue weighted by Crippen LogP contribution is 2.38. The first-order chi connectivity index (χ1) is 14.8. The van der Waals surface area contributed by atoms with Crippen LogP contribution in [0.3, 0.4) is 0 Å². The Balaban J connectivity index is 1.50. The largest absolute Gasteiger partial charge is 0.493 e. The van der Waals surface area contributed by atoms with Gasteiger partial charge in [0.15, 0.2) is 0 Å². The van der Waals surface area contributed by atoms with Crippen molar-refractivity contribution in [1.82, 2.24) is 0 Å². The number of sulfonamides is 1. The highest BCUT2D eigenvalue weighted by Gasteiger charge is 2.33. The third kappa shape index (κ3) is 5.22. The number of nitrogens with zero attached hydrogens (tertiary/aromatic N) is 1. The van der Waals surface area contributed by atoms with Gasteiger partial charge in [0.05, 0.1) is 11.5 Å². The van der Waals surface area contributed by atoms with Gasteiger partial charge in [0.25, 0.3) is 0 Å². The summed E-state index contributed by atoms with van der Waals surface area (Å²) >= 11 is 6.23. The number of hydrogen-bond donors (Lipinski definition) is 1. The molecule has 4 rings (SSSR count). The molecule has 2 fully saturated rings. The van der Waals surface area contributed by atoms with E-state index in [-0.39, 0.29) is 16.7 Å². The van der Waals surface area contributed by atoms with Crippen molar-refractivity contribution in [3.8, 4) is 5.75 Å². The molecule has 2 aliphatic rings. The first kappa shape index (κ1) is 22.1. The van der Waals surface area contributed by atoms with Crippen molar-refractivity contribution in [2.75, 3.05) is 18.1 Å². The first-order valence-electron chi connectivity index (χ1n) is 10.7. The lowest BCUT2D eigenvalue weighted by molar-refractivity contribution is -0.117. The van der Waals surface area contributed by atoms with Gasteiger partial charge >= 0.3 is 0 Å². The van der Waals surface area contributed by atoms with E-state index >= 15 is 0 Å². The van der Waals surface area contributed by atoms with Crippen molar-refractivity contribution in [3.05, 3.63) is 53.1 Å². The standard InChI is InChI=1S/C23H27ClN2O4S/c24-18-6-11-21(22(13-18)30-15-16-4-2-1-3-5-16)17-12-23(27)26(14-17)19-7-9-20(10-8-19)31(25,28)29/h6-11,13,16-17H,1-5,12,14-15H2,(H2,25,28,29). The third-order valence-corrected chi connectivity index (χ3v) is 7.38. The van der Waals surface area contributed by atoms with E-state index in [1.165, 1.54) is 44.2 Å². The molecule has 2 aromatic rings. The zero-order valence-corrected chi connectivity index (χ0v) is 18.9. The van der Waals surface area contributed by atoms with Gasteiger partial charge in [-0.05, 0) is 60.7 Å². The van der Waals surface area contributed by atoms with E-state index in [9.17, 15) is 13.2 Å². The Morgan fingerprint density at radius 3 is 2.45 bits per heavy atom. The molecular formula is C23H27ClN2O4S. The number of primary sulfonamides is 1. The fourth-order valence-corrected chi connectivity index (χ4v) is 5.19. The summed E-state index contributed by atoms with van der Waals surface area (Å²) in [6.45, 7) is 1.17. The van der Waals surface area contributed by atoms with Crippen LogP contribution in [0.4, 0.5) is 5.69 Å². The molecule has 1 aliphatic carbocycles. The molecule has 1 amide bonds. The smallest absolute Gasteiger partial charge is 0.238 e. The third-order valence-electron chi connectivity index (χ3n) is 6.22. The maximum atomic E-state index is 12.7. The van der Waals surface area contributed by atoms with E-state index in [0.29, 0.717) is 36.2 Å². The van der Waals surface area contributed by atoms with Crippen molar-refractivity contribution in [2.24, 2.45) is 11.1 Å². The highest BCUT2D eigenvalue weighted by molar-refractivity contribution is 7.89. The van der Waals surface area contributed by atoms with Gasteiger partial charge in [0.2, 0.25) is 15.9 Å². The number of benzene rings is 2. The molecule has 166 valence electrons. The molecule has 1 heterocycles. The minimum absolute atomic E-state index is 0.0125. The van der Waals surface area contributed by atoms with E-state index in [2.05, 4.69) is 0 Å². The van der Waals surface area contributed by atoms with E-state index in [0.717, 1.165) is 11.3 Å². The molecule has 1 atom stereocenters. The van der Waals surface area contributed by atoms with Crippen molar-refractivity contribution in [2.45, 2.75) is 49.3 Å². The molecule has 31 heavy (non-hydrogen) atoms. The number of nitrogens with two attached hydrogens (primary N) is 1. The van der Waals surface area contributed by atoms with Crippen molar-refractivity contribution in [3.63, 3.8) is 0 Å². The molecule has 1 saturated carbocycles. The van der Waals surface area contributed by atoms with E-state index in [1.807, 2.05) is 18.2 Å². The number of hydrogen-bond acceptors (Lipinski definition) is 4. The Labute approximate surface area is 188 Å². The molecule has 0 aromatic heterocycles. The maximum absolute atomic E-state index is 12.7. The second-order valence-electron chi connectivity index (χ2n) is 8.44. The Bertz CT molecular complexity index is 1050. The normalized spacial score (nSPS) is 20.3. The summed E-state index contributed by atoms with van der Waals surface area (Å²) in [7, 11) is -3.77. The lowest BCUT2D eigenvalue weighted by Crippen LogP contribution is -2.24. The van der Waals surface area contributed by atoms with Gasteiger partial charge in [-0.15, -0.1) is 0 Å². The van der Waals surface area contributed by atoms with Crippen LogP contribution in [0.1, 0.15) is 50.0 Å². The predicted molar refractivity (Wildman–Crippen MR) is 121 cm³/mol. The van der Waals surface area contributed by atoms with Crippen LogP contribution in [0.2, 0.25) is 5.02 Å². The quantitative estimate of drug-likeness (QED) is 0.685. The molecule has 0 spiro atoms. The summed E-state index contributed by atoms with van der Waals surface area (Å²) in [4.78, 5) is 14.4. The van der Waals surface area contributed by atoms with Gasteiger partial charge in [-0.2, -0.15) is 0 Å². The highest BCUT2D eigenvalue weighted by atomic mass is 35.5. The van der Waals surface area contributed by atoms with Gasteiger partial charge in [-0.25, -0.2) is 13.6 Å². The van der Waals surface area contributed by atoms with Crippen LogP contribution in [0.25, 0.3) is 0 Å². The molecule has 1 unspecified atom stereocenters. The van der Waals surface area contributed by atoms with Crippen LogP contribution in [0, 0.1) is 5.92 Å². The average Bonchev–Trinajstić information content (AvgIpc) is 3.14. The minimum Gasteiger partial charge on any atom is -0.493 e. The Morgan fingerprint density at radius 1 is 1.06 bits per heavy atom. The second kappa shape index (κ2) is 9.18. The summed E-state index contributed by atoms with van der Waals surface area (Å²) in [6, 6.07) is 11.7. The zero-order valence-electron chi connectivity index (χ0n) is 17.3. The fourth-order valence-electron chi connectivity index (χ4n) is 4.51. The average molecular weight is 463 g/mol. The summed E-state index contributed by atoms with van der Waals surface area (Å²) in [5.41, 5.74) is 1.63. The van der Waals surface area contributed by atoms with Crippen LogP contribution in [-0.4, -0.2) is 27.5 Å². The number of amides is 1. The number of ether oxygens (including phenoxy) is 1. The van der Waals surface area contributed by atoms with Crippen molar-refractivity contribution >= 4 is 33.2 Å². The molecule has 2 aromatic carbocycles. The molecule has 8 heteroatoms. The summed E-state index contributed by atoms with van der Waals surface area (Å²) < 4.78 is 29.2. The van der Waals surface area contributed by atoms with Gasteiger partial charge in [-0.3, -0.25) is 4.79 Å². The molecule has 1 aliphatic heterocycles. The topological polar surface area (TPSA) is 89.7 Å². The van der Waals surface area contributed by atoms with Gasteiger partial charge in [0, 0.05) is 29.6 Å². The Morgan fingerprint density at radius 2 is 1.77 bits per heavy atom. The van der Waals surface area contributed by atoms with Crippen molar-refractivity contribution < 1.29 is 17.9 Å². The zero-order chi connectivity index (χ0) is 22.0. The SMILES string of the molecule is NS(=O)(=O)c1ccc(N2CC(c3ccc(Cl)cc3OCC3CCCCC3)CC2=O)cc1.